The number of allylic oxidation sites excluding steroid dienone is 1. The lowest BCUT2D eigenvalue weighted by atomic mass is 10.0. The molecule has 6 N–H and O–H groups in total. The van der Waals surface area contributed by atoms with Crippen LogP contribution >= 0.6 is 0 Å². The quantitative estimate of drug-likeness (QED) is 0.246. The molecule has 1 unspecified atom stereocenters. The van der Waals surface area contributed by atoms with Gasteiger partial charge in [-0.1, -0.05) is 48.5 Å². The standard InChI is InChI=1S/C25H23N7O3/c1-34-16-11-12-29-20(13-16)18(14-26)22(27)35-25(28)32-23-24(33)30-19-10-6-5-9-17(19)21(31-23)15-7-3-2-4-8-15/h2-14,23,26H,27H2,1H3,(H2,28,32)(H,30,33). The number of pyridine rings is 1. The molecule has 0 saturated heterocycles. The van der Waals surface area contributed by atoms with Gasteiger partial charge in [0.1, 0.15) is 5.75 Å². The van der Waals surface area contributed by atoms with Crippen LogP contribution in [0.15, 0.2) is 88.8 Å². The number of amides is 1. The molecule has 1 atom stereocenters. The van der Waals surface area contributed by atoms with E-state index in [1.165, 1.54) is 13.3 Å². The van der Waals surface area contributed by atoms with Crippen molar-refractivity contribution in [1.82, 2.24) is 4.98 Å². The maximum atomic E-state index is 12.9. The first-order valence-corrected chi connectivity index (χ1v) is 10.6. The Hall–Kier alpha value is -4.99. The lowest BCUT2D eigenvalue weighted by Crippen LogP contribution is -2.29. The van der Waals surface area contributed by atoms with Gasteiger partial charge in [0, 0.05) is 29.6 Å². The van der Waals surface area contributed by atoms with E-state index < -0.39 is 18.1 Å². The Bertz CT molecular complexity index is 1350. The number of hydrogen-bond donors (Lipinski definition) is 4. The zero-order chi connectivity index (χ0) is 24.8. The molecule has 1 aliphatic rings. The van der Waals surface area contributed by atoms with Gasteiger partial charge in [0.2, 0.25) is 12.0 Å². The minimum Gasteiger partial charge on any atom is -0.497 e. The second-order valence-electron chi connectivity index (χ2n) is 7.32. The number of rotatable bonds is 6. The van der Waals surface area contributed by atoms with E-state index in [4.69, 9.17) is 26.4 Å². The van der Waals surface area contributed by atoms with Crippen LogP contribution in [0.25, 0.3) is 5.57 Å². The molecule has 1 aliphatic heterocycles. The molecule has 2 aromatic carbocycles. The number of nitrogens with zero attached hydrogens (tertiary/aromatic N) is 3. The van der Waals surface area contributed by atoms with Gasteiger partial charge in [-0.15, -0.1) is 0 Å². The lowest BCUT2D eigenvalue weighted by molar-refractivity contribution is -0.117. The summed E-state index contributed by atoms with van der Waals surface area (Å²) in [4.78, 5) is 25.8. The van der Waals surface area contributed by atoms with Crippen molar-refractivity contribution in [1.29, 1.82) is 5.41 Å². The van der Waals surface area contributed by atoms with Crippen molar-refractivity contribution in [2.24, 2.45) is 21.5 Å². The first kappa shape index (κ1) is 23.2. The number of aliphatic imine (C=N–C) groups is 2. The Morgan fingerprint density at radius 3 is 2.60 bits per heavy atom. The van der Waals surface area contributed by atoms with Gasteiger partial charge in [0.05, 0.1) is 29.8 Å². The molecule has 0 fully saturated rings. The van der Waals surface area contributed by atoms with Gasteiger partial charge in [0.15, 0.2) is 0 Å². The Labute approximate surface area is 201 Å². The van der Waals surface area contributed by atoms with E-state index in [2.05, 4.69) is 20.3 Å². The van der Waals surface area contributed by atoms with E-state index in [9.17, 15) is 4.79 Å². The maximum absolute atomic E-state index is 12.9. The highest BCUT2D eigenvalue weighted by atomic mass is 16.5. The summed E-state index contributed by atoms with van der Waals surface area (Å²) in [6.45, 7) is 0. The summed E-state index contributed by atoms with van der Waals surface area (Å²) in [6.07, 6.45) is 1.25. The third-order valence-corrected chi connectivity index (χ3v) is 5.09. The second kappa shape index (κ2) is 10.3. The molecule has 2 heterocycles. The number of carbonyl (C=O) groups is 1. The number of benzodiazepines with no additional fused rings is 1. The number of hydrogen-bond acceptors (Lipinski definition) is 8. The van der Waals surface area contributed by atoms with E-state index in [0.29, 0.717) is 22.8 Å². The summed E-state index contributed by atoms with van der Waals surface area (Å²) in [5, 5.41) is 10.5. The zero-order valence-corrected chi connectivity index (χ0v) is 18.8. The number of para-hydroxylation sites is 1. The Morgan fingerprint density at radius 1 is 1.11 bits per heavy atom. The third kappa shape index (κ3) is 5.17. The van der Waals surface area contributed by atoms with Crippen LogP contribution in [0.1, 0.15) is 16.8 Å². The molecule has 10 nitrogen and oxygen atoms in total. The largest absolute Gasteiger partial charge is 0.497 e. The van der Waals surface area contributed by atoms with Crippen LogP contribution in [-0.2, 0) is 9.53 Å². The van der Waals surface area contributed by atoms with E-state index >= 15 is 0 Å². The van der Waals surface area contributed by atoms with Gasteiger partial charge in [-0.25, -0.2) is 4.99 Å². The molecule has 0 radical (unpaired) electrons. The topological polar surface area (TPSA) is 161 Å². The van der Waals surface area contributed by atoms with Crippen LogP contribution in [0, 0.1) is 5.41 Å². The summed E-state index contributed by atoms with van der Waals surface area (Å²) < 4.78 is 10.6. The van der Waals surface area contributed by atoms with Crippen LogP contribution in [0.4, 0.5) is 5.69 Å². The Morgan fingerprint density at radius 2 is 1.86 bits per heavy atom. The summed E-state index contributed by atoms with van der Waals surface area (Å²) in [6, 6.07) is 19.6. The molecule has 35 heavy (non-hydrogen) atoms. The first-order chi connectivity index (χ1) is 17.0. The molecule has 10 heteroatoms. The monoisotopic (exact) mass is 469 g/mol. The molecule has 0 bridgehead atoms. The van der Waals surface area contributed by atoms with Crippen molar-refractivity contribution in [3.05, 3.63) is 95.6 Å². The van der Waals surface area contributed by atoms with Gasteiger partial charge in [-0.2, -0.15) is 4.99 Å². The first-order valence-electron chi connectivity index (χ1n) is 10.6. The smallest absolute Gasteiger partial charge is 0.291 e. The van der Waals surface area contributed by atoms with Crippen LogP contribution in [0.5, 0.6) is 5.75 Å². The zero-order valence-electron chi connectivity index (χ0n) is 18.8. The van der Waals surface area contributed by atoms with E-state index in [0.717, 1.165) is 17.3 Å². The van der Waals surface area contributed by atoms with Gasteiger partial charge in [-0.3, -0.25) is 9.78 Å². The summed E-state index contributed by atoms with van der Waals surface area (Å²) in [7, 11) is 1.51. The number of ether oxygens (including phenoxy) is 2. The molecule has 176 valence electrons. The lowest BCUT2D eigenvalue weighted by Gasteiger charge is -2.11. The van der Waals surface area contributed by atoms with E-state index in [-0.39, 0.29) is 11.5 Å². The van der Waals surface area contributed by atoms with Crippen LogP contribution < -0.4 is 21.5 Å². The van der Waals surface area contributed by atoms with Crippen molar-refractivity contribution < 1.29 is 14.3 Å². The molecule has 1 amide bonds. The summed E-state index contributed by atoms with van der Waals surface area (Å²) in [5.74, 6) is -0.174. The molecular weight excluding hydrogens is 446 g/mol. The number of benzene rings is 2. The number of aromatic nitrogens is 1. The molecule has 0 aliphatic carbocycles. The van der Waals surface area contributed by atoms with Crippen molar-refractivity contribution in [3.63, 3.8) is 0 Å². The fourth-order valence-electron chi connectivity index (χ4n) is 3.43. The average molecular weight is 470 g/mol. The SMILES string of the molecule is COc1ccnc(C(C=N)=C(N)OC(N)=NC2N=C(c3ccccc3)c3ccccc3NC2=O)c1. The Kier molecular flexibility index (Phi) is 6.82. The van der Waals surface area contributed by atoms with Crippen LogP contribution in [-0.4, -0.2) is 42.1 Å². The molecule has 0 spiro atoms. The highest BCUT2D eigenvalue weighted by Gasteiger charge is 2.26. The van der Waals surface area contributed by atoms with Crippen LogP contribution in [0.3, 0.4) is 0 Å². The number of amidine groups is 1. The van der Waals surface area contributed by atoms with Crippen molar-refractivity contribution >= 4 is 35.1 Å². The minimum absolute atomic E-state index is 0.160. The number of methoxy groups -OCH3 is 1. The second-order valence-corrected chi connectivity index (χ2v) is 7.32. The number of carbonyl (C=O) groups excluding carboxylic acids is 1. The van der Waals surface area contributed by atoms with Crippen molar-refractivity contribution in [3.8, 4) is 5.75 Å². The molecule has 0 saturated carbocycles. The fourth-order valence-corrected chi connectivity index (χ4v) is 3.43. The van der Waals surface area contributed by atoms with Crippen LogP contribution in [0.2, 0.25) is 0 Å². The normalized spacial score (nSPS) is 16.1. The van der Waals surface area contributed by atoms with Gasteiger partial charge >= 0.3 is 0 Å². The minimum atomic E-state index is -1.23. The number of anilines is 1. The summed E-state index contributed by atoms with van der Waals surface area (Å²) in [5.41, 5.74) is 15.3. The molecule has 1 aromatic heterocycles. The number of nitrogens with two attached hydrogens (primary N) is 2. The van der Waals surface area contributed by atoms with E-state index in [1.54, 1.807) is 18.2 Å². The summed E-state index contributed by atoms with van der Waals surface area (Å²) >= 11 is 0. The fraction of sp³-hybridized carbons (Fsp3) is 0.0800. The maximum Gasteiger partial charge on any atom is 0.291 e. The Balaban J connectivity index is 1.69. The van der Waals surface area contributed by atoms with Gasteiger partial charge in [0.25, 0.3) is 11.9 Å². The molecular formula is C25H23N7O3. The molecule has 4 rings (SSSR count). The third-order valence-electron chi connectivity index (χ3n) is 5.09. The van der Waals surface area contributed by atoms with Gasteiger partial charge < -0.3 is 31.7 Å². The highest BCUT2D eigenvalue weighted by molar-refractivity contribution is 6.19. The van der Waals surface area contributed by atoms with Gasteiger partial charge in [-0.05, 0) is 12.1 Å². The number of nitrogens with one attached hydrogen (secondary N) is 2. The van der Waals surface area contributed by atoms with E-state index in [1.807, 2.05) is 48.5 Å². The highest BCUT2D eigenvalue weighted by Crippen LogP contribution is 2.24. The molecule has 3 aromatic rings. The predicted octanol–water partition coefficient (Wildman–Crippen LogP) is 2.51. The average Bonchev–Trinajstić information content (AvgIpc) is 3.01. The number of fused-ring (bicyclic) bond motifs is 1. The van der Waals surface area contributed by atoms with Crippen molar-refractivity contribution in [2.45, 2.75) is 6.17 Å². The van der Waals surface area contributed by atoms with Crippen molar-refractivity contribution in [2.75, 3.05) is 12.4 Å². The predicted molar refractivity (Wildman–Crippen MR) is 134 cm³/mol.